The lowest BCUT2D eigenvalue weighted by atomic mass is 10.1. The van der Waals surface area contributed by atoms with Crippen LogP contribution in [-0.4, -0.2) is 60.6 Å². The standard InChI is InChI=1S/C12H25N3/c1-10(2)14-6-8-15(9-7-14)12-4-5-13-11(12)3/h10-13H,4-9H2,1-3H3/t11-,12-/m0/s1. The van der Waals surface area contributed by atoms with Crippen molar-refractivity contribution in [2.75, 3.05) is 32.7 Å². The van der Waals surface area contributed by atoms with Gasteiger partial charge in [-0.05, 0) is 33.7 Å². The van der Waals surface area contributed by atoms with E-state index in [1.54, 1.807) is 0 Å². The molecule has 0 unspecified atom stereocenters. The number of nitrogens with one attached hydrogen (secondary N) is 1. The highest BCUT2D eigenvalue weighted by Crippen LogP contribution is 2.17. The van der Waals surface area contributed by atoms with Crippen LogP contribution in [0.2, 0.25) is 0 Å². The number of rotatable bonds is 2. The first-order valence-electron chi connectivity index (χ1n) is 6.40. The highest BCUT2D eigenvalue weighted by atomic mass is 15.3. The minimum absolute atomic E-state index is 0.690. The third-order valence-electron chi connectivity index (χ3n) is 4.03. The van der Waals surface area contributed by atoms with Crippen molar-refractivity contribution in [3.8, 4) is 0 Å². The second-order valence-corrected chi connectivity index (χ2v) is 5.26. The normalized spacial score (nSPS) is 35.2. The van der Waals surface area contributed by atoms with Crippen LogP contribution in [-0.2, 0) is 0 Å². The van der Waals surface area contributed by atoms with Gasteiger partial charge in [-0.15, -0.1) is 0 Å². The Labute approximate surface area is 93.8 Å². The van der Waals surface area contributed by atoms with Crippen LogP contribution in [0.25, 0.3) is 0 Å². The third-order valence-corrected chi connectivity index (χ3v) is 4.03. The smallest absolute Gasteiger partial charge is 0.0259 e. The lowest BCUT2D eigenvalue weighted by molar-refractivity contribution is 0.0753. The molecule has 0 spiro atoms. The molecule has 0 aliphatic carbocycles. The summed E-state index contributed by atoms with van der Waals surface area (Å²) >= 11 is 0. The van der Waals surface area contributed by atoms with Crippen molar-refractivity contribution < 1.29 is 0 Å². The van der Waals surface area contributed by atoms with Gasteiger partial charge in [-0.3, -0.25) is 9.80 Å². The average Bonchev–Trinajstić information content (AvgIpc) is 2.65. The Morgan fingerprint density at radius 2 is 1.80 bits per heavy atom. The third kappa shape index (κ3) is 2.52. The van der Waals surface area contributed by atoms with Gasteiger partial charge in [-0.2, -0.15) is 0 Å². The van der Waals surface area contributed by atoms with Crippen molar-refractivity contribution in [2.45, 2.75) is 45.3 Å². The summed E-state index contributed by atoms with van der Waals surface area (Å²) in [6.45, 7) is 13.2. The van der Waals surface area contributed by atoms with Crippen molar-refractivity contribution in [1.29, 1.82) is 0 Å². The molecule has 2 heterocycles. The van der Waals surface area contributed by atoms with Gasteiger partial charge in [0.1, 0.15) is 0 Å². The lowest BCUT2D eigenvalue weighted by Crippen LogP contribution is -2.54. The summed E-state index contributed by atoms with van der Waals surface area (Å²) in [6.07, 6.45) is 1.34. The lowest BCUT2D eigenvalue weighted by Gasteiger charge is -2.40. The molecule has 0 aromatic rings. The molecule has 1 N–H and O–H groups in total. The van der Waals surface area contributed by atoms with E-state index in [-0.39, 0.29) is 0 Å². The summed E-state index contributed by atoms with van der Waals surface area (Å²) < 4.78 is 0. The van der Waals surface area contributed by atoms with Gasteiger partial charge < -0.3 is 5.32 Å². The highest BCUT2D eigenvalue weighted by Gasteiger charge is 2.31. The highest BCUT2D eigenvalue weighted by molar-refractivity contribution is 4.90. The topological polar surface area (TPSA) is 18.5 Å². The van der Waals surface area contributed by atoms with Gasteiger partial charge >= 0.3 is 0 Å². The Bertz CT molecular complexity index is 197. The maximum absolute atomic E-state index is 3.55. The summed E-state index contributed by atoms with van der Waals surface area (Å²) in [5, 5.41) is 3.55. The van der Waals surface area contributed by atoms with Crippen LogP contribution in [0, 0.1) is 0 Å². The van der Waals surface area contributed by atoms with E-state index in [4.69, 9.17) is 0 Å². The van der Waals surface area contributed by atoms with Gasteiger partial charge in [0.15, 0.2) is 0 Å². The first-order valence-corrected chi connectivity index (χ1v) is 6.40. The van der Waals surface area contributed by atoms with E-state index in [0.29, 0.717) is 12.1 Å². The predicted octanol–water partition coefficient (Wildman–Crippen LogP) is 0.763. The monoisotopic (exact) mass is 211 g/mol. The number of piperazine rings is 1. The van der Waals surface area contributed by atoms with Crippen LogP contribution in [0.4, 0.5) is 0 Å². The van der Waals surface area contributed by atoms with Crippen molar-refractivity contribution >= 4 is 0 Å². The molecule has 2 rings (SSSR count). The van der Waals surface area contributed by atoms with E-state index in [0.717, 1.165) is 6.04 Å². The van der Waals surface area contributed by atoms with E-state index >= 15 is 0 Å². The largest absolute Gasteiger partial charge is 0.313 e. The molecule has 3 heteroatoms. The summed E-state index contributed by atoms with van der Waals surface area (Å²) in [4.78, 5) is 5.27. The first kappa shape index (κ1) is 11.4. The van der Waals surface area contributed by atoms with Crippen LogP contribution in [0.5, 0.6) is 0 Å². The Morgan fingerprint density at radius 3 is 2.27 bits per heavy atom. The molecule has 3 nitrogen and oxygen atoms in total. The molecule has 0 bridgehead atoms. The molecular formula is C12H25N3. The fourth-order valence-corrected chi connectivity index (χ4v) is 2.93. The zero-order chi connectivity index (χ0) is 10.8. The SMILES string of the molecule is CC(C)N1CCN([C@H]2CCN[C@H]2C)CC1. The molecule has 2 aliphatic rings. The second-order valence-electron chi connectivity index (χ2n) is 5.26. The maximum Gasteiger partial charge on any atom is 0.0259 e. The molecule has 15 heavy (non-hydrogen) atoms. The molecule has 2 fully saturated rings. The summed E-state index contributed by atoms with van der Waals surface area (Å²) in [5.74, 6) is 0. The Hall–Kier alpha value is -0.120. The Morgan fingerprint density at radius 1 is 1.13 bits per heavy atom. The molecular weight excluding hydrogens is 186 g/mol. The fraction of sp³-hybridized carbons (Fsp3) is 1.00. The van der Waals surface area contributed by atoms with Crippen LogP contribution in [0.1, 0.15) is 27.2 Å². The zero-order valence-corrected chi connectivity index (χ0v) is 10.4. The second kappa shape index (κ2) is 4.81. The van der Waals surface area contributed by atoms with E-state index in [1.807, 2.05) is 0 Å². The van der Waals surface area contributed by atoms with E-state index < -0.39 is 0 Å². The molecule has 2 atom stereocenters. The molecule has 0 aromatic carbocycles. The van der Waals surface area contributed by atoms with E-state index in [2.05, 4.69) is 35.9 Å². The van der Waals surface area contributed by atoms with Crippen LogP contribution in [0.3, 0.4) is 0 Å². The average molecular weight is 211 g/mol. The molecule has 0 aromatic heterocycles. The van der Waals surface area contributed by atoms with Crippen molar-refractivity contribution in [2.24, 2.45) is 0 Å². The minimum atomic E-state index is 0.690. The van der Waals surface area contributed by atoms with Gasteiger partial charge in [0.05, 0.1) is 0 Å². The fourth-order valence-electron chi connectivity index (χ4n) is 2.93. The van der Waals surface area contributed by atoms with Crippen molar-refractivity contribution in [3.63, 3.8) is 0 Å². The molecule has 2 aliphatic heterocycles. The minimum Gasteiger partial charge on any atom is -0.313 e. The van der Waals surface area contributed by atoms with Crippen molar-refractivity contribution in [3.05, 3.63) is 0 Å². The van der Waals surface area contributed by atoms with E-state index in [9.17, 15) is 0 Å². The summed E-state index contributed by atoms with van der Waals surface area (Å²) in [5.41, 5.74) is 0. The zero-order valence-electron chi connectivity index (χ0n) is 10.4. The van der Waals surface area contributed by atoms with Gasteiger partial charge in [0.2, 0.25) is 0 Å². The molecule has 0 amide bonds. The van der Waals surface area contributed by atoms with Crippen molar-refractivity contribution in [1.82, 2.24) is 15.1 Å². The Balaban J connectivity index is 1.82. The van der Waals surface area contributed by atoms with Gasteiger partial charge in [-0.25, -0.2) is 0 Å². The summed E-state index contributed by atoms with van der Waals surface area (Å²) in [6, 6.07) is 2.20. The first-order chi connectivity index (χ1) is 7.18. The molecule has 88 valence electrons. The predicted molar refractivity (Wildman–Crippen MR) is 64.2 cm³/mol. The maximum atomic E-state index is 3.55. The van der Waals surface area contributed by atoms with E-state index in [1.165, 1.54) is 39.1 Å². The number of nitrogens with zero attached hydrogens (tertiary/aromatic N) is 2. The van der Waals surface area contributed by atoms with Gasteiger partial charge in [-0.1, -0.05) is 0 Å². The Kier molecular flexibility index (Phi) is 3.65. The molecule has 0 saturated carbocycles. The molecule has 0 radical (unpaired) electrons. The van der Waals surface area contributed by atoms with Gasteiger partial charge in [0.25, 0.3) is 0 Å². The van der Waals surface area contributed by atoms with Crippen LogP contribution in [0.15, 0.2) is 0 Å². The summed E-state index contributed by atoms with van der Waals surface area (Å²) in [7, 11) is 0. The number of hydrogen-bond donors (Lipinski definition) is 1. The number of hydrogen-bond acceptors (Lipinski definition) is 3. The molecule has 2 saturated heterocycles. The quantitative estimate of drug-likeness (QED) is 0.727. The van der Waals surface area contributed by atoms with Gasteiger partial charge in [0, 0.05) is 44.3 Å². The van der Waals surface area contributed by atoms with Crippen LogP contribution >= 0.6 is 0 Å². The van der Waals surface area contributed by atoms with Crippen LogP contribution < -0.4 is 5.32 Å².